The number of rotatable bonds is 8. The first-order valence-electron chi connectivity index (χ1n) is 11.0. The summed E-state index contributed by atoms with van der Waals surface area (Å²) in [5, 5.41) is 0. The normalized spacial score (nSPS) is 16.3. The van der Waals surface area contributed by atoms with Crippen molar-refractivity contribution in [2.75, 3.05) is 19.7 Å². The van der Waals surface area contributed by atoms with E-state index in [1.807, 2.05) is 56.0 Å². The van der Waals surface area contributed by atoms with Gasteiger partial charge in [-0.15, -0.1) is 11.3 Å². The first kappa shape index (κ1) is 23.5. The SMILES string of the molecule is Cc1ccc(CN(Cc2ccccc2)C(=O)CN(CC2CCCO2)C(=O)C(C)(C)C)s1. The molecule has 1 fully saturated rings. The molecule has 0 aliphatic carbocycles. The minimum atomic E-state index is -0.548. The van der Waals surface area contributed by atoms with Crippen LogP contribution in [0.25, 0.3) is 0 Å². The summed E-state index contributed by atoms with van der Waals surface area (Å²) in [5.74, 6) is -0.0477. The Hall–Kier alpha value is -2.18. The summed E-state index contributed by atoms with van der Waals surface area (Å²) in [7, 11) is 0. The number of hydrogen-bond donors (Lipinski definition) is 0. The summed E-state index contributed by atoms with van der Waals surface area (Å²) in [5.41, 5.74) is 0.533. The van der Waals surface area contributed by atoms with Crippen molar-refractivity contribution in [2.24, 2.45) is 5.41 Å². The second-order valence-corrected chi connectivity index (χ2v) is 10.7. The van der Waals surface area contributed by atoms with E-state index in [1.54, 1.807) is 16.2 Å². The fourth-order valence-corrected chi connectivity index (χ4v) is 4.69. The Morgan fingerprint density at radius 2 is 1.81 bits per heavy atom. The van der Waals surface area contributed by atoms with Crippen molar-refractivity contribution in [3.05, 3.63) is 57.8 Å². The highest BCUT2D eigenvalue weighted by Crippen LogP contribution is 2.22. The van der Waals surface area contributed by atoms with Crippen molar-refractivity contribution in [3.63, 3.8) is 0 Å². The predicted octanol–water partition coefficient (Wildman–Crippen LogP) is 4.64. The summed E-state index contributed by atoms with van der Waals surface area (Å²) in [6.45, 7) is 10.1. The number of hydrogen-bond acceptors (Lipinski definition) is 4. The van der Waals surface area contributed by atoms with Crippen LogP contribution in [0.3, 0.4) is 0 Å². The molecule has 0 spiro atoms. The maximum absolute atomic E-state index is 13.5. The largest absolute Gasteiger partial charge is 0.376 e. The lowest BCUT2D eigenvalue weighted by Gasteiger charge is -2.33. The first-order valence-corrected chi connectivity index (χ1v) is 11.8. The van der Waals surface area contributed by atoms with Gasteiger partial charge in [0.2, 0.25) is 11.8 Å². The van der Waals surface area contributed by atoms with Crippen LogP contribution in [-0.2, 0) is 27.4 Å². The summed E-state index contributed by atoms with van der Waals surface area (Å²) >= 11 is 1.71. The van der Waals surface area contributed by atoms with E-state index >= 15 is 0 Å². The minimum absolute atomic E-state index is 0.0111. The molecule has 1 aromatic heterocycles. The highest BCUT2D eigenvalue weighted by Gasteiger charge is 2.32. The molecule has 31 heavy (non-hydrogen) atoms. The number of thiophene rings is 1. The van der Waals surface area contributed by atoms with Crippen LogP contribution in [0.1, 0.15) is 48.9 Å². The van der Waals surface area contributed by atoms with Crippen LogP contribution in [0.2, 0.25) is 0 Å². The molecule has 1 aliphatic heterocycles. The molecule has 2 aromatic rings. The summed E-state index contributed by atoms with van der Waals surface area (Å²) in [4.78, 5) is 32.5. The van der Waals surface area contributed by atoms with Crippen molar-refractivity contribution in [1.29, 1.82) is 0 Å². The Morgan fingerprint density at radius 1 is 1.06 bits per heavy atom. The maximum Gasteiger partial charge on any atom is 0.242 e. The van der Waals surface area contributed by atoms with E-state index in [2.05, 4.69) is 19.1 Å². The average molecular weight is 443 g/mol. The first-order chi connectivity index (χ1) is 14.7. The molecule has 1 saturated heterocycles. The predicted molar refractivity (Wildman–Crippen MR) is 125 cm³/mol. The number of aryl methyl sites for hydroxylation is 1. The summed E-state index contributed by atoms with van der Waals surface area (Å²) in [6.07, 6.45) is 1.96. The van der Waals surface area contributed by atoms with Gasteiger partial charge < -0.3 is 14.5 Å². The van der Waals surface area contributed by atoms with Gasteiger partial charge in [0.25, 0.3) is 0 Å². The van der Waals surface area contributed by atoms with Crippen LogP contribution in [0.5, 0.6) is 0 Å². The standard InChI is InChI=1S/C25H34N2O3S/c1-19-12-13-22(31-19)17-26(15-20-9-6-5-7-10-20)23(28)18-27(24(29)25(2,3)4)16-21-11-8-14-30-21/h5-7,9-10,12-13,21H,8,11,14-18H2,1-4H3. The van der Waals surface area contributed by atoms with Crippen molar-refractivity contribution >= 4 is 23.2 Å². The number of nitrogens with zero attached hydrogens (tertiary/aromatic N) is 2. The third-order valence-corrected chi connectivity index (χ3v) is 6.40. The third-order valence-electron chi connectivity index (χ3n) is 5.41. The number of amides is 2. The average Bonchev–Trinajstić information content (AvgIpc) is 3.38. The second-order valence-electron chi connectivity index (χ2n) is 9.32. The second kappa shape index (κ2) is 10.4. The minimum Gasteiger partial charge on any atom is -0.376 e. The maximum atomic E-state index is 13.5. The molecule has 2 amide bonds. The van der Waals surface area contributed by atoms with Crippen molar-refractivity contribution in [3.8, 4) is 0 Å². The van der Waals surface area contributed by atoms with E-state index in [-0.39, 0.29) is 24.5 Å². The van der Waals surface area contributed by atoms with Gasteiger partial charge >= 0.3 is 0 Å². The molecule has 0 N–H and O–H groups in total. The molecule has 168 valence electrons. The van der Waals surface area contributed by atoms with Crippen molar-refractivity contribution in [2.45, 2.75) is 59.7 Å². The van der Waals surface area contributed by atoms with Crippen molar-refractivity contribution in [1.82, 2.24) is 9.80 Å². The van der Waals surface area contributed by atoms with E-state index in [0.29, 0.717) is 19.6 Å². The van der Waals surface area contributed by atoms with Gasteiger partial charge in [-0.3, -0.25) is 9.59 Å². The highest BCUT2D eigenvalue weighted by atomic mass is 32.1. The highest BCUT2D eigenvalue weighted by molar-refractivity contribution is 7.11. The van der Waals surface area contributed by atoms with Crippen molar-refractivity contribution < 1.29 is 14.3 Å². The monoisotopic (exact) mass is 442 g/mol. The number of ether oxygens (including phenoxy) is 1. The lowest BCUT2D eigenvalue weighted by atomic mass is 9.94. The van der Waals surface area contributed by atoms with Crippen LogP contribution in [-0.4, -0.2) is 47.4 Å². The fourth-order valence-electron chi connectivity index (χ4n) is 3.79. The van der Waals surface area contributed by atoms with Gasteiger partial charge in [-0.05, 0) is 37.5 Å². The molecule has 0 saturated carbocycles. The van der Waals surface area contributed by atoms with E-state index in [0.717, 1.165) is 29.9 Å². The Balaban J connectivity index is 1.78. The number of carbonyl (C=O) groups is 2. The van der Waals surface area contributed by atoms with E-state index in [9.17, 15) is 9.59 Å². The summed E-state index contributed by atoms with van der Waals surface area (Å²) in [6, 6.07) is 14.2. The molecule has 3 rings (SSSR count). The molecule has 1 aliphatic rings. The zero-order valence-electron chi connectivity index (χ0n) is 19.1. The molecule has 5 nitrogen and oxygen atoms in total. The smallest absolute Gasteiger partial charge is 0.242 e. The lowest BCUT2D eigenvalue weighted by molar-refractivity contribution is -0.147. The van der Waals surface area contributed by atoms with Gasteiger partial charge in [0.15, 0.2) is 0 Å². The summed E-state index contributed by atoms with van der Waals surface area (Å²) < 4.78 is 5.77. The van der Waals surface area contributed by atoms with Gasteiger partial charge in [-0.25, -0.2) is 0 Å². The molecule has 6 heteroatoms. The third kappa shape index (κ3) is 6.91. The zero-order chi connectivity index (χ0) is 22.4. The topological polar surface area (TPSA) is 49.9 Å². The van der Waals surface area contributed by atoms with Gasteiger partial charge in [0.1, 0.15) is 0 Å². The molecule has 2 heterocycles. The molecule has 1 aromatic carbocycles. The zero-order valence-corrected chi connectivity index (χ0v) is 19.9. The van der Waals surface area contributed by atoms with Crippen LogP contribution in [0, 0.1) is 12.3 Å². The van der Waals surface area contributed by atoms with Crippen LogP contribution >= 0.6 is 11.3 Å². The molecule has 0 radical (unpaired) electrons. The Kier molecular flexibility index (Phi) is 7.89. The molecule has 1 unspecified atom stereocenters. The quantitative estimate of drug-likeness (QED) is 0.598. The molecule has 0 bridgehead atoms. The van der Waals surface area contributed by atoms with E-state index < -0.39 is 5.41 Å². The lowest BCUT2D eigenvalue weighted by Crippen LogP contribution is -2.48. The van der Waals surface area contributed by atoms with Gasteiger partial charge in [-0.2, -0.15) is 0 Å². The fraction of sp³-hybridized carbons (Fsp3) is 0.520. The van der Waals surface area contributed by atoms with Crippen LogP contribution < -0.4 is 0 Å². The van der Waals surface area contributed by atoms with Crippen LogP contribution in [0.15, 0.2) is 42.5 Å². The number of carbonyl (C=O) groups excluding carboxylic acids is 2. The molecular formula is C25H34N2O3S. The van der Waals surface area contributed by atoms with Gasteiger partial charge in [0, 0.05) is 34.9 Å². The Labute approximate surface area is 190 Å². The molecule has 1 atom stereocenters. The van der Waals surface area contributed by atoms with Gasteiger partial charge in [0.05, 0.1) is 19.2 Å². The molecular weight excluding hydrogens is 408 g/mol. The van der Waals surface area contributed by atoms with Crippen LogP contribution in [0.4, 0.5) is 0 Å². The van der Waals surface area contributed by atoms with E-state index in [1.165, 1.54) is 4.88 Å². The number of benzene rings is 1. The van der Waals surface area contributed by atoms with E-state index in [4.69, 9.17) is 4.74 Å². The Morgan fingerprint density at radius 3 is 2.39 bits per heavy atom. The van der Waals surface area contributed by atoms with Gasteiger partial charge in [-0.1, -0.05) is 51.1 Å². The Bertz CT molecular complexity index is 866.